The molecule has 0 saturated heterocycles. The molecule has 0 aliphatic rings. The molecule has 0 spiro atoms. The lowest BCUT2D eigenvalue weighted by atomic mass is 10.2. The summed E-state index contributed by atoms with van der Waals surface area (Å²) >= 11 is 0. The maximum atomic E-state index is 9.09. The normalized spacial score (nSPS) is 11.0. The van der Waals surface area contributed by atoms with Crippen LogP contribution in [0.4, 0.5) is 0 Å². The number of phenolic OH excluding ortho intramolecular Hbond substituents is 1. The third-order valence-electron chi connectivity index (χ3n) is 1.98. The van der Waals surface area contributed by atoms with Crippen LogP contribution in [0.5, 0.6) is 5.75 Å². The Labute approximate surface area is 87.7 Å². The second-order valence-electron chi connectivity index (χ2n) is 3.30. The Bertz CT molecular complexity index is 469. The first-order chi connectivity index (χ1) is 7.24. The number of aromatic hydroxyl groups is 1. The van der Waals surface area contributed by atoms with Gasteiger partial charge in [0.2, 0.25) is 0 Å². The summed E-state index contributed by atoms with van der Waals surface area (Å²) in [6.45, 7) is 1.88. The number of hydrogen-bond donors (Lipinski definition) is 1. The van der Waals surface area contributed by atoms with Gasteiger partial charge in [-0.1, -0.05) is 23.4 Å². The lowest BCUT2D eigenvalue weighted by molar-refractivity contribution is 0.408. The summed E-state index contributed by atoms with van der Waals surface area (Å²) in [7, 11) is 0. The van der Waals surface area contributed by atoms with E-state index in [0.717, 1.165) is 17.0 Å². The highest BCUT2D eigenvalue weighted by molar-refractivity contribution is 5.67. The molecule has 1 N–H and O–H groups in total. The van der Waals surface area contributed by atoms with E-state index in [-0.39, 0.29) is 5.75 Å². The van der Waals surface area contributed by atoms with Crippen molar-refractivity contribution in [3.8, 4) is 5.75 Å². The molecule has 0 unspecified atom stereocenters. The van der Waals surface area contributed by atoms with Gasteiger partial charge in [0.1, 0.15) is 5.75 Å². The van der Waals surface area contributed by atoms with Crippen LogP contribution in [0.15, 0.2) is 34.9 Å². The van der Waals surface area contributed by atoms with Crippen molar-refractivity contribution in [2.45, 2.75) is 6.92 Å². The molecule has 3 heteroatoms. The minimum atomic E-state index is 0.266. The lowest BCUT2D eigenvalue weighted by Gasteiger charge is -1.92. The van der Waals surface area contributed by atoms with E-state index in [2.05, 4.69) is 5.16 Å². The molecule has 2 rings (SSSR count). The van der Waals surface area contributed by atoms with Crippen LogP contribution in [0.2, 0.25) is 0 Å². The van der Waals surface area contributed by atoms with E-state index in [9.17, 15) is 0 Å². The summed E-state index contributed by atoms with van der Waals surface area (Å²) in [5.74, 6) is 0.989. The van der Waals surface area contributed by atoms with Crippen LogP contribution >= 0.6 is 0 Å². The van der Waals surface area contributed by atoms with Gasteiger partial charge >= 0.3 is 0 Å². The predicted octanol–water partition coefficient (Wildman–Crippen LogP) is 2.86. The maximum Gasteiger partial charge on any atom is 0.159 e. The van der Waals surface area contributed by atoms with Crippen LogP contribution < -0.4 is 0 Å². The van der Waals surface area contributed by atoms with Crippen molar-refractivity contribution in [2.24, 2.45) is 0 Å². The summed E-state index contributed by atoms with van der Waals surface area (Å²) in [4.78, 5) is 0. The van der Waals surface area contributed by atoms with Gasteiger partial charge in [0.25, 0.3) is 0 Å². The van der Waals surface area contributed by atoms with Gasteiger partial charge in [-0.15, -0.1) is 0 Å². The summed E-state index contributed by atoms with van der Waals surface area (Å²) in [5.41, 5.74) is 1.86. The zero-order chi connectivity index (χ0) is 10.7. The number of hydrogen-bond acceptors (Lipinski definition) is 3. The molecular formula is C12H11NO2. The minimum absolute atomic E-state index is 0.266. The molecule has 0 saturated carbocycles. The smallest absolute Gasteiger partial charge is 0.159 e. The maximum absolute atomic E-state index is 9.09. The van der Waals surface area contributed by atoms with Crippen LogP contribution in [0.1, 0.15) is 17.0 Å². The van der Waals surface area contributed by atoms with Crippen molar-refractivity contribution in [1.82, 2.24) is 5.16 Å². The van der Waals surface area contributed by atoms with Gasteiger partial charge in [0.05, 0.1) is 5.69 Å². The number of nitrogens with zero attached hydrogens (tertiary/aromatic N) is 1. The Morgan fingerprint density at radius 1 is 1.20 bits per heavy atom. The van der Waals surface area contributed by atoms with Crippen molar-refractivity contribution < 1.29 is 9.63 Å². The second kappa shape index (κ2) is 4.00. The highest BCUT2D eigenvalue weighted by Gasteiger charge is 1.94. The minimum Gasteiger partial charge on any atom is -0.508 e. The molecule has 1 aromatic heterocycles. The topological polar surface area (TPSA) is 46.3 Å². The molecule has 1 heterocycles. The molecule has 15 heavy (non-hydrogen) atoms. The van der Waals surface area contributed by atoms with Gasteiger partial charge in [-0.05, 0) is 30.7 Å². The van der Waals surface area contributed by atoms with E-state index in [1.807, 2.05) is 37.3 Å². The third-order valence-corrected chi connectivity index (χ3v) is 1.98. The molecule has 0 amide bonds. The van der Waals surface area contributed by atoms with Crippen molar-refractivity contribution >= 4 is 12.2 Å². The molecular weight excluding hydrogens is 190 g/mol. The first-order valence-electron chi connectivity index (χ1n) is 4.64. The summed E-state index contributed by atoms with van der Waals surface area (Å²) in [5, 5.41) is 12.9. The Morgan fingerprint density at radius 2 is 1.93 bits per heavy atom. The van der Waals surface area contributed by atoms with E-state index in [1.54, 1.807) is 12.1 Å². The van der Waals surface area contributed by atoms with Gasteiger partial charge < -0.3 is 9.63 Å². The van der Waals surface area contributed by atoms with Crippen molar-refractivity contribution in [1.29, 1.82) is 0 Å². The van der Waals surface area contributed by atoms with Gasteiger partial charge in [0.15, 0.2) is 5.76 Å². The fraction of sp³-hybridized carbons (Fsp3) is 0.0833. The van der Waals surface area contributed by atoms with E-state index >= 15 is 0 Å². The second-order valence-corrected chi connectivity index (χ2v) is 3.30. The fourth-order valence-electron chi connectivity index (χ4n) is 1.23. The van der Waals surface area contributed by atoms with Crippen LogP contribution in [0.25, 0.3) is 12.2 Å². The quantitative estimate of drug-likeness (QED) is 0.812. The van der Waals surface area contributed by atoms with Gasteiger partial charge in [0, 0.05) is 6.07 Å². The number of rotatable bonds is 2. The zero-order valence-corrected chi connectivity index (χ0v) is 8.34. The number of benzene rings is 1. The zero-order valence-electron chi connectivity index (χ0n) is 8.34. The lowest BCUT2D eigenvalue weighted by Crippen LogP contribution is -1.70. The monoisotopic (exact) mass is 201 g/mol. The summed E-state index contributed by atoms with van der Waals surface area (Å²) in [6, 6.07) is 8.80. The van der Waals surface area contributed by atoms with Crippen molar-refractivity contribution in [3.63, 3.8) is 0 Å². The molecule has 0 radical (unpaired) electrons. The molecule has 2 aromatic rings. The molecule has 76 valence electrons. The Balaban J connectivity index is 2.14. The highest BCUT2D eigenvalue weighted by atomic mass is 16.5. The Kier molecular flexibility index (Phi) is 2.54. The molecule has 0 fully saturated rings. The third kappa shape index (κ3) is 2.47. The molecule has 0 bridgehead atoms. The Morgan fingerprint density at radius 3 is 2.53 bits per heavy atom. The van der Waals surface area contributed by atoms with E-state index in [4.69, 9.17) is 9.63 Å². The fourth-order valence-corrected chi connectivity index (χ4v) is 1.23. The molecule has 1 aromatic carbocycles. The molecule has 0 aliphatic carbocycles. The largest absolute Gasteiger partial charge is 0.508 e. The van der Waals surface area contributed by atoms with E-state index in [1.165, 1.54) is 0 Å². The summed E-state index contributed by atoms with van der Waals surface area (Å²) < 4.78 is 5.02. The SMILES string of the molecule is Cc1cc(/C=C/c2ccc(O)cc2)on1. The van der Waals surface area contributed by atoms with Crippen LogP contribution in [0.3, 0.4) is 0 Å². The van der Waals surface area contributed by atoms with Gasteiger partial charge in [-0.3, -0.25) is 0 Å². The predicted molar refractivity (Wildman–Crippen MR) is 58.3 cm³/mol. The number of aryl methyl sites for hydroxylation is 1. The van der Waals surface area contributed by atoms with E-state index in [0.29, 0.717) is 0 Å². The van der Waals surface area contributed by atoms with Crippen LogP contribution in [0, 0.1) is 6.92 Å². The highest BCUT2D eigenvalue weighted by Crippen LogP contribution is 2.13. The molecule has 3 nitrogen and oxygen atoms in total. The first-order valence-corrected chi connectivity index (χ1v) is 4.64. The van der Waals surface area contributed by atoms with Crippen LogP contribution in [-0.2, 0) is 0 Å². The van der Waals surface area contributed by atoms with Crippen molar-refractivity contribution in [2.75, 3.05) is 0 Å². The summed E-state index contributed by atoms with van der Waals surface area (Å²) in [6.07, 6.45) is 3.74. The molecule has 0 aliphatic heterocycles. The van der Waals surface area contributed by atoms with Gasteiger partial charge in [-0.25, -0.2) is 0 Å². The standard InChI is InChI=1S/C12H11NO2/c1-9-8-12(15-13-9)7-4-10-2-5-11(14)6-3-10/h2-8,14H,1H3/b7-4+. The molecule has 0 atom stereocenters. The average molecular weight is 201 g/mol. The van der Waals surface area contributed by atoms with E-state index < -0.39 is 0 Å². The average Bonchev–Trinajstić information content (AvgIpc) is 2.64. The number of phenols is 1. The van der Waals surface area contributed by atoms with Gasteiger partial charge in [-0.2, -0.15) is 0 Å². The van der Waals surface area contributed by atoms with Crippen LogP contribution in [-0.4, -0.2) is 10.3 Å². The van der Waals surface area contributed by atoms with Crippen molar-refractivity contribution in [3.05, 3.63) is 47.3 Å². The Hall–Kier alpha value is -2.03. The number of aromatic nitrogens is 1. The first kappa shape index (κ1) is 9.52.